The van der Waals surface area contributed by atoms with E-state index in [2.05, 4.69) is 16.9 Å². The van der Waals surface area contributed by atoms with Crippen LogP contribution in [0.25, 0.3) is 0 Å². The van der Waals surface area contributed by atoms with Crippen LogP contribution < -0.4 is 11.2 Å². The van der Waals surface area contributed by atoms with Crippen molar-refractivity contribution < 1.29 is 0 Å². The first kappa shape index (κ1) is 7.34. The van der Waals surface area contributed by atoms with Gasteiger partial charge in [-0.1, -0.05) is 6.92 Å². The van der Waals surface area contributed by atoms with Gasteiger partial charge in [0.25, 0.3) is 5.56 Å². The summed E-state index contributed by atoms with van der Waals surface area (Å²) in [5.74, 6) is 0.988. The standard InChI is InChI=1S/C8H10N2O2/c1-4-2-5(4)6-3-7(11)10-8(12)9-6/h3-5H,2H2,1H3,(H2,9,10,11,12). The predicted molar refractivity (Wildman–Crippen MR) is 44.2 cm³/mol. The zero-order valence-electron chi connectivity index (χ0n) is 6.76. The highest BCUT2D eigenvalue weighted by Gasteiger charge is 2.34. The molecule has 0 radical (unpaired) electrons. The molecule has 0 amide bonds. The highest BCUT2D eigenvalue weighted by molar-refractivity contribution is 5.14. The van der Waals surface area contributed by atoms with E-state index in [9.17, 15) is 9.59 Å². The van der Waals surface area contributed by atoms with Crippen LogP contribution in [-0.2, 0) is 0 Å². The lowest BCUT2D eigenvalue weighted by Gasteiger charge is -1.94. The van der Waals surface area contributed by atoms with Crippen LogP contribution in [0.4, 0.5) is 0 Å². The Bertz CT molecular complexity index is 376. The smallest absolute Gasteiger partial charge is 0.311 e. The van der Waals surface area contributed by atoms with Crippen molar-refractivity contribution in [3.63, 3.8) is 0 Å². The summed E-state index contributed by atoms with van der Waals surface area (Å²) in [6.45, 7) is 2.10. The molecule has 4 nitrogen and oxygen atoms in total. The Morgan fingerprint density at radius 3 is 2.58 bits per heavy atom. The molecule has 64 valence electrons. The van der Waals surface area contributed by atoms with Crippen LogP contribution in [0.5, 0.6) is 0 Å². The van der Waals surface area contributed by atoms with Gasteiger partial charge < -0.3 is 4.98 Å². The molecule has 1 aromatic heterocycles. The van der Waals surface area contributed by atoms with E-state index in [0.29, 0.717) is 11.8 Å². The summed E-state index contributed by atoms with van der Waals surface area (Å²) in [5, 5.41) is 0. The first-order valence-electron chi connectivity index (χ1n) is 4.00. The third kappa shape index (κ3) is 1.20. The first-order valence-corrected chi connectivity index (χ1v) is 4.00. The molecule has 0 aliphatic heterocycles. The predicted octanol–water partition coefficient (Wildman–Crippen LogP) is 0.187. The molecule has 0 spiro atoms. The summed E-state index contributed by atoms with van der Waals surface area (Å²) in [4.78, 5) is 26.5. The van der Waals surface area contributed by atoms with Gasteiger partial charge in [0, 0.05) is 17.7 Å². The highest BCUT2D eigenvalue weighted by Crippen LogP contribution is 2.45. The lowest BCUT2D eigenvalue weighted by Crippen LogP contribution is -2.22. The maximum Gasteiger partial charge on any atom is 0.325 e. The largest absolute Gasteiger partial charge is 0.325 e. The van der Waals surface area contributed by atoms with E-state index in [1.807, 2.05) is 0 Å². The summed E-state index contributed by atoms with van der Waals surface area (Å²) in [6, 6.07) is 1.47. The Kier molecular flexibility index (Phi) is 1.43. The van der Waals surface area contributed by atoms with Crippen LogP contribution in [0.15, 0.2) is 15.7 Å². The molecular formula is C8H10N2O2. The number of aromatic nitrogens is 2. The quantitative estimate of drug-likeness (QED) is 0.625. The monoisotopic (exact) mass is 166 g/mol. The molecule has 1 aromatic rings. The van der Waals surface area contributed by atoms with E-state index in [4.69, 9.17) is 0 Å². The number of nitrogens with one attached hydrogen (secondary N) is 2. The zero-order valence-corrected chi connectivity index (χ0v) is 6.76. The molecule has 0 bridgehead atoms. The van der Waals surface area contributed by atoms with Gasteiger partial charge in [-0.25, -0.2) is 4.79 Å². The third-order valence-corrected chi connectivity index (χ3v) is 2.29. The normalized spacial score (nSPS) is 27.1. The average molecular weight is 166 g/mol. The summed E-state index contributed by atoms with van der Waals surface area (Å²) in [7, 11) is 0. The van der Waals surface area contributed by atoms with Gasteiger partial charge in [0.15, 0.2) is 0 Å². The summed E-state index contributed by atoms with van der Waals surface area (Å²) >= 11 is 0. The molecule has 12 heavy (non-hydrogen) atoms. The topological polar surface area (TPSA) is 65.7 Å². The van der Waals surface area contributed by atoms with Gasteiger partial charge in [0.1, 0.15) is 0 Å². The van der Waals surface area contributed by atoms with Crippen LogP contribution in [0.2, 0.25) is 0 Å². The number of hydrogen-bond acceptors (Lipinski definition) is 2. The Morgan fingerprint density at radius 2 is 2.08 bits per heavy atom. The van der Waals surface area contributed by atoms with E-state index in [1.165, 1.54) is 6.07 Å². The van der Waals surface area contributed by atoms with Crippen molar-refractivity contribution in [1.82, 2.24) is 9.97 Å². The molecule has 4 heteroatoms. The number of H-pyrrole nitrogens is 2. The van der Waals surface area contributed by atoms with Crippen molar-refractivity contribution in [3.8, 4) is 0 Å². The molecule has 2 atom stereocenters. The number of hydrogen-bond donors (Lipinski definition) is 2. The van der Waals surface area contributed by atoms with Gasteiger partial charge >= 0.3 is 5.69 Å². The maximum absolute atomic E-state index is 10.9. The summed E-state index contributed by atoms with van der Waals surface area (Å²) < 4.78 is 0. The molecule has 1 aliphatic carbocycles. The fourth-order valence-electron chi connectivity index (χ4n) is 1.44. The van der Waals surface area contributed by atoms with Crippen molar-refractivity contribution in [2.24, 2.45) is 5.92 Å². The molecule has 0 aromatic carbocycles. The lowest BCUT2D eigenvalue weighted by molar-refractivity contribution is 0.856. The third-order valence-electron chi connectivity index (χ3n) is 2.29. The van der Waals surface area contributed by atoms with Gasteiger partial charge in [-0.15, -0.1) is 0 Å². The van der Waals surface area contributed by atoms with E-state index >= 15 is 0 Å². The molecule has 1 fully saturated rings. The molecule has 1 saturated carbocycles. The molecule has 1 heterocycles. The minimum Gasteiger partial charge on any atom is -0.311 e. The minimum atomic E-state index is -0.406. The summed E-state index contributed by atoms with van der Waals surface area (Å²) in [5.41, 5.74) is 0.0562. The first-order chi connectivity index (χ1) is 5.66. The Labute approximate surface area is 68.6 Å². The molecule has 0 saturated heterocycles. The van der Waals surface area contributed by atoms with Crippen LogP contribution in [0, 0.1) is 5.92 Å². The van der Waals surface area contributed by atoms with Gasteiger partial charge in [-0.3, -0.25) is 9.78 Å². The van der Waals surface area contributed by atoms with Gasteiger partial charge in [-0.2, -0.15) is 0 Å². The summed E-state index contributed by atoms with van der Waals surface area (Å²) in [6.07, 6.45) is 1.07. The van der Waals surface area contributed by atoms with Crippen LogP contribution in [0.1, 0.15) is 25.0 Å². The van der Waals surface area contributed by atoms with Crippen LogP contribution in [-0.4, -0.2) is 9.97 Å². The number of aromatic amines is 2. The Balaban J connectivity index is 2.45. The highest BCUT2D eigenvalue weighted by atomic mass is 16.2. The van der Waals surface area contributed by atoms with Crippen LogP contribution >= 0.6 is 0 Å². The number of rotatable bonds is 1. The van der Waals surface area contributed by atoms with E-state index in [-0.39, 0.29) is 5.56 Å². The fourth-order valence-corrected chi connectivity index (χ4v) is 1.44. The SMILES string of the molecule is CC1CC1c1cc(=O)[nH]c(=O)[nH]1. The maximum atomic E-state index is 10.9. The van der Waals surface area contributed by atoms with Crippen molar-refractivity contribution in [1.29, 1.82) is 0 Å². The second-order valence-corrected chi connectivity index (χ2v) is 3.36. The second-order valence-electron chi connectivity index (χ2n) is 3.36. The van der Waals surface area contributed by atoms with E-state index in [0.717, 1.165) is 12.1 Å². The van der Waals surface area contributed by atoms with Crippen molar-refractivity contribution in [2.75, 3.05) is 0 Å². The van der Waals surface area contributed by atoms with Gasteiger partial charge in [0.05, 0.1) is 0 Å². The average Bonchev–Trinajstić information content (AvgIpc) is 2.64. The Hall–Kier alpha value is -1.32. The van der Waals surface area contributed by atoms with E-state index < -0.39 is 5.69 Å². The van der Waals surface area contributed by atoms with Crippen molar-refractivity contribution >= 4 is 0 Å². The van der Waals surface area contributed by atoms with Gasteiger partial charge in [0.2, 0.25) is 0 Å². The zero-order chi connectivity index (χ0) is 8.72. The Morgan fingerprint density at radius 1 is 1.42 bits per heavy atom. The second kappa shape index (κ2) is 2.33. The molecule has 1 aliphatic rings. The van der Waals surface area contributed by atoms with Crippen molar-refractivity contribution in [3.05, 3.63) is 32.6 Å². The molecule has 2 N–H and O–H groups in total. The molecule has 2 rings (SSSR count). The molecular weight excluding hydrogens is 156 g/mol. The minimum absolute atomic E-state index is 0.312. The van der Waals surface area contributed by atoms with E-state index in [1.54, 1.807) is 0 Å². The lowest BCUT2D eigenvalue weighted by atomic mass is 10.2. The van der Waals surface area contributed by atoms with Crippen LogP contribution in [0.3, 0.4) is 0 Å². The molecule has 2 unspecified atom stereocenters. The fraction of sp³-hybridized carbons (Fsp3) is 0.500. The van der Waals surface area contributed by atoms with Crippen molar-refractivity contribution in [2.45, 2.75) is 19.3 Å². The van der Waals surface area contributed by atoms with Gasteiger partial charge in [-0.05, 0) is 12.3 Å².